The van der Waals surface area contributed by atoms with E-state index in [1.807, 2.05) is 0 Å². The largest absolute Gasteiger partial charge is 0.356 e. The van der Waals surface area contributed by atoms with Crippen molar-refractivity contribution in [2.75, 3.05) is 10.6 Å². The van der Waals surface area contributed by atoms with E-state index in [0.29, 0.717) is 0 Å². The molecule has 8 aromatic carbocycles. The first-order chi connectivity index (χ1) is 39.1. The Morgan fingerprint density at radius 3 is 1.29 bits per heavy atom. The van der Waals surface area contributed by atoms with Gasteiger partial charge in [-0.2, -0.15) is 0 Å². The normalized spacial score (nSPS) is 18.1. The van der Waals surface area contributed by atoms with Crippen LogP contribution >= 0.6 is 0 Å². The van der Waals surface area contributed by atoms with Crippen LogP contribution < -0.4 is 10.6 Å². The summed E-state index contributed by atoms with van der Waals surface area (Å²) >= 11 is 0. The minimum atomic E-state index is -0.459. The molecule has 5 aliphatic carbocycles. The van der Waals surface area contributed by atoms with Crippen molar-refractivity contribution in [1.82, 2.24) is 0 Å². The molecule has 2 unspecified atom stereocenters. The van der Waals surface area contributed by atoms with Gasteiger partial charge in [0.25, 0.3) is 0 Å². The second-order valence-corrected chi connectivity index (χ2v) is 25.5. The monoisotopic (exact) mass is 1050 g/mol. The van der Waals surface area contributed by atoms with Crippen LogP contribution in [0.4, 0.5) is 22.7 Å². The number of unbranched alkanes of at least 4 members (excludes halogenated alkanes) is 10. The van der Waals surface area contributed by atoms with Crippen LogP contribution in [0.5, 0.6) is 0 Å². The average molecular weight is 1050 g/mol. The highest BCUT2D eigenvalue weighted by Gasteiger charge is 2.55. The fourth-order valence-electron chi connectivity index (χ4n) is 16.1. The molecular weight excluding hydrogens is 965 g/mol. The lowest BCUT2D eigenvalue weighted by Gasteiger charge is -2.39. The first-order valence-electron chi connectivity index (χ1n) is 31.0. The molecule has 2 N–H and O–H groups in total. The lowest BCUT2D eigenvalue weighted by atomic mass is 9.63. The van der Waals surface area contributed by atoms with E-state index in [0.717, 1.165) is 22.7 Å². The van der Waals surface area contributed by atoms with E-state index >= 15 is 0 Å². The molecule has 0 heterocycles. The zero-order valence-corrected chi connectivity index (χ0v) is 48.5. The molecule has 0 bridgehead atoms. The molecule has 2 heteroatoms. The predicted molar refractivity (Wildman–Crippen MR) is 340 cm³/mol. The second-order valence-electron chi connectivity index (χ2n) is 25.5. The van der Waals surface area contributed by atoms with Crippen LogP contribution in [0.25, 0.3) is 33.4 Å². The van der Waals surface area contributed by atoms with Crippen molar-refractivity contribution in [2.45, 2.75) is 159 Å². The molecular formula is C78H82N2. The Morgan fingerprint density at radius 2 is 0.775 bits per heavy atom. The quantitative estimate of drug-likeness (QED) is 0.0744. The maximum Gasteiger partial charge on any atom is 0.0525 e. The highest BCUT2D eigenvalue weighted by molar-refractivity contribution is 5.86. The van der Waals surface area contributed by atoms with Crippen LogP contribution in [0.2, 0.25) is 0 Å². The third kappa shape index (κ3) is 8.57. The van der Waals surface area contributed by atoms with Crippen LogP contribution in [-0.4, -0.2) is 0 Å². The fraction of sp³-hybridized carbons (Fsp3) is 0.333. The first-order valence-corrected chi connectivity index (χ1v) is 31.0. The molecule has 8 aromatic rings. The summed E-state index contributed by atoms with van der Waals surface area (Å²) in [6, 6.07) is 66.1. The van der Waals surface area contributed by atoms with E-state index in [-0.39, 0.29) is 28.1 Å². The molecule has 0 fully saturated rings. The van der Waals surface area contributed by atoms with E-state index in [4.69, 9.17) is 0 Å². The van der Waals surface area contributed by atoms with Crippen molar-refractivity contribution < 1.29 is 0 Å². The van der Waals surface area contributed by atoms with E-state index in [1.54, 1.807) is 11.1 Å². The lowest BCUT2D eigenvalue weighted by Crippen LogP contribution is -2.35. The SMILES string of the molecule is CCCCCCCCC1(CCCCCCCC)c2ccccc2-c2cc3c(cc21)C1C=CC=CC1C3(c1ccc(Nc2ccc3c(c2)C(C)(C)c2ccccc2-3)cc1)c1ccc(Nc2ccc3c(c2)C(C)(C)c2ccccc2-3)cc1. The molecule has 0 saturated heterocycles. The Labute approximate surface area is 478 Å². The van der Waals surface area contributed by atoms with E-state index in [9.17, 15) is 0 Å². The van der Waals surface area contributed by atoms with Gasteiger partial charge in [0.15, 0.2) is 0 Å². The molecule has 404 valence electrons. The molecule has 2 atom stereocenters. The number of fused-ring (bicyclic) bond motifs is 12. The minimum Gasteiger partial charge on any atom is -0.356 e. The number of benzene rings is 8. The van der Waals surface area contributed by atoms with Crippen LogP contribution in [0.1, 0.15) is 193 Å². The van der Waals surface area contributed by atoms with Gasteiger partial charge in [-0.15, -0.1) is 0 Å². The summed E-state index contributed by atoms with van der Waals surface area (Å²) in [6.07, 6.45) is 28.0. The Morgan fingerprint density at radius 1 is 0.350 bits per heavy atom. The van der Waals surface area contributed by atoms with Gasteiger partial charge in [0.2, 0.25) is 0 Å². The summed E-state index contributed by atoms with van der Waals surface area (Å²) < 4.78 is 0. The first kappa shape index (κ1) is 52.2. The highest BCUT2D eigenvalue weighted by Crippen LogP contribution is 2.64. The van der Waals surface area contributed by atoms with Crippen molar-refractivity contribution in [3.63, 3.8) is 0 Å². The summed E-state index contributed by atoms with van der Waals surface area (Å²) in [5, 5.41) is 7.76. The van der Waals surface area contributed by atoms with Crippen LogP contribution in [0.3, 0.4) is 0 Å². The van der Waals surface area contributed by atoms with E-state index < -0.39 is 5.41 Å². The minimum absolute atomic E-state index is 0.0111. The van der Waals surface area contributed by atoms with Gasteiger partial charge in [0.05, 0.1) is 5.41 Å². The number of rotatable bonds is 20. The number of nitrogens with one attached hydrogen (secondary N) is 2. The smallest absolute Gasteiger partial charge is 0.0525 e. The Kier molecular flexibility index (Phi) is 13.7. The third-order valence-corrected chi connectivity index (χ3v) is 20.2. The van der Waals surface area contributed by atoms with Crippen molar-refractivity contribution in [3.05, 3.63) is 250 Å². The number of hydrogen-bond donors (Lipinski definition) is 2. The Bertz CT molecular complexity index is 3490. The van der Waals surface area contributed by atoms with Gasteiger partial charge in [0.1, 0.15) is 0 Å². The van der Waals surface area contributed by atoms with E-state index in [1.165, 1.54) is 168 Å². The summed E-state index contributed by atoms with van der Waals surface area (Å²) in [5.74, 6) is 0.420. The van der Waals surface area contributed by atoms with Crippen molar-refractivity contribution in [1.29, 1.82) is 0 Å². The maximum atomic E-state index is 3.88. The van der Waals surface area contributed by atoms with Crippen LogP contribution in [0.15, 0.2) is 194 Å². The van der Waals surface area contributed by atoms with Gasteiger partial charge in [-0.3, -0.25) is 0 Å². The van der Waals surface area contributed by atoms with Crippen molar-refractivity contribution in [3.8, 4) is 33.4 Å². The molecule has 0 aliphatic heterocycles. The molecule has 80 heavy (non-hydrogen) atoms. The molecule has 0 spiro atoms. The average Bonchev–Trinajstić information content (AvgIpc) is 2.80. The number of allylic oxidation sites excluding steroid dienone is 4. The van der Waals surface area contributed by atoms with Crippen LogP contribution in [0, 0.1) is 5.92 Å². The Hall–Kier alpha value is -7.16. The highest BCUT2D eigenvalue weighted by atomic mass is 14.9. The zero-order chi connectivity index (χ0) is 54.6. The summed E-state index contributed by atoms with van der Waals surface area (Å²) in [4.78, 5) is 0. The zero-order valence-electron chi connectivity index (χ0n) is 48.5. The van der Waals surface area contributed by atoms with E-state index in [2.05, 4.69) is 246 Å². The number of hydrogen-bond acceptors (Lipinski definition) is 2. The maximum absolute atomic E-state index is 3.88. The molecule has 2 nitrogen and oxygen atoms in total. The van der Waals surface area contributed by atoms with Gasteiger partial charge in [-0.25, -0.2) is 0 Å². The lowest BCUT2D eigenvalue weighted by molar-refractivity contribution is 0.397. The molecule has 0 aromatic heterocycles. The van der Waals surface area contributed by atoms with Gasteiger partial charge in [-0.05, 0) is 156 Å². The van der Waals surface area contributed by atoms with Gasteiger partial charge in [0, 0.05) is 50.8 Å². The van der Waals surface area contributed by atoms with Crippen LogP contribution in [-0.2, 0) is 21.7 Å². The summed E-state index contributed by atoms with van der Waals surface area (Å²) in [5.41, 5.74) is 26.6. The standard InChI is InChI=1S/C78H82N2/c1-7-9-11-13-15-25-47-77(48-26-16-14-12-10-8-2)69-33-23-19-29-61(69)65-52-74-66(51-73(65)77)62-30-20-24-34-70(62)78(74,53-35-39-55(40-36-53)79-57-43-45-63-59-27-17-21-31-67(59)75(3,4)71(63)49-57)54-37-41-56(42-38-54)80-58-44-46-64-60-28-18-22-32-68(60)76(5,6)72(64)50-58/h17-24,27-46,49-52,62,70,79-80H,7-16,25-26,47-48H2,1-6H3. The fourth-order valence-corrected chi connectivity index (χ4v) is 16.1. The molecule has 0 amide bonds. The number of anilines is 4. The topological polar surface area (TPSA) is 24.1 Å². The molecule has 0 radical (unpaired) electrons. The molecule has 13 rings (SSSR count). The van der Waals surface area contributed by atoms with Crippen molar-refractivity contribution >= 4 is 22.7 Å². The molecule has 5 aliphatic rings. The summed E-state index contributed by atoms with van der Waals surface area (Å²) in [6.45, 7) is 14.1. The van der Waals surface area contributed by atoms with Gasteiger partial charge < -0.3 is 10.6 Å². The van der Waals surface area contributed by atoms with Gasteiger partial charge in [-0.1, -0.05) is 258 Å². The Balaban J connectivity index is 0.916. The predicted octanol–water partition coefficient (Wildman–Crippen LogP) is 21.7. The third-order valence-electron chi connectivity index (χ3n) is 20.2. The second kappa shape index (κ2) is 21.1. The van der Waals surface area contributed by atoms with Crippen molar-refractivity contribution in [2.24, 2.45) is 5.92 Å². The summed E-state index contributed by atoms with van der Waals surface area (Å²) in [7, 11) is 0. The van der Waals surface area contributed by atoms with Gasteiger partial charge >= 0.3 is 0 Å². The molecule has 0 saturated carbocycles.